The van der Waals surface area contributed by atoms with Crippen LogP contribution in [0.1, 0.15) is 22.0 Å². The molecule has 2 heterocycles. The van der Waals surface area contributed by atoms with Gasteiger partial charge < -0.3 is 14.8 Å². The fraction of sp³-hybridized carbons (Fsp3) is 0.120. The Labute approximate surface area is 185 Å². The molecule has 0 bridgehead atoms. The summed E-state index contributed by atoms with van der Waals surface area (Å²) in [7, 11) is 2.86. The topological polar surface area (TPSA) is 90.4 Å². The molecular formula is C25H21N3O4. The second kappa shape index (κ2) is 9.26. The summed E-state index contributed by atoms with van der Waals surface area (Å²) in [5, 5.41) is 3.45. The number of carbonyl (C=O) groups excluding carboxylic acids is 2. The van der Waals surface area contributed by atoms with Gasteiger partial charge >= 0.3 is 5.97 Å². The molecule has 1 N–H and O–H groups in total. The van der Waals surface area contributed by atoms with Crippen molar-refractivity contribution < 1.29 is 19.1 Å². The minimum atomic E-state index is -0.945. The number of amides is 1. The Morgan fingerprint density at radius 3 is 2.38 bits per heavy atom. The first-order valence-corrected chi connectivity index (χ1v) is 9.93. The predicted molar refractivity (Wildman–Crippen MR) is 120 cm³/mol. The third kappa shape index (κ3) is 4.27. The summed E-state index contributed by atoms with van der Waals surface area (Å²) in [4.78, 5) is 34.6. The van der Waals surface area contributed by atoms with Gasteiger partial charge in [-0.2, -0.15) is 0 Å². The van der Waals surface area contributed by atoms with E-state index in [1.54, 1.807) is 68.0 Å². The second-order valence-electron chi connectivity index (χ2n) is 7.01. The fourth-order valence-corrected chi connectivity index (χ4v) is 3.44. The standard InChI is InChI=1S/C25H21N3O4/c1-31-18-8-9-19-20(15-21(27-22(19)14-18)16-10-12-26-13-11-16)24(29)28-23(25(30)32-2)17-6-4-3-5-7-17/h3-15,23H,1-2H3,(H,28,29). The number of benzene rings is 2. The Kier molecular flexibility index (Phi) is 6.07. The zero-order valence-corrected chi connectivity index (χ0v) is 17.6. The molecule has 1 unspecified atom stereocenters. The number of rotatable bonds is 6. The van der Waals surface area contributed by atoms with Gasteiger partial charge in [0.05, 0.1) is 31.0 Å². The summed E-state index contributed by atoms with van der Waals surface area (Å²) in [5.41, 5.74) is 3.02. The first kappa shape index (κ1) is 21.0. The van der Waals surface area contributed by atoms with Crippen LogP contribution in [0, 0.1) is 0 Å². The lowest BCUT2D eigenvalue weighted by atomic mass is 10.0. The summed E-state index contributed by atoms with van der Waals surface area (Å²) >= 11 is 0. The van der Waals surface area contributed by atoms with Crippen molar-refractivity contribution in [2.75, 3.05) is 14.2 Å². The highest BCUT2D eigenvalue weighted by Gasteiger charge is 2.25. The van der Waals surface area contributed by atoms with Gasteiger partial charge in [0.15, 0.2) is 6.04 Å². The van der Waals surface area contributed by atoms with Crippen LogP contribution in [0.5, 0.6) is 5.75 Å². The molecule has 7 nitrogen and oxygen atoms in total. The highest BCUT2D eigenvalue weighted by Crippen LogP contribution is 2.28. The Morgan fingerprint density at radius 2 is 1.69 bits per heavy atom. The van der Waals surface area contributed by atoms with E-state index in [1.165, 1.54) is 7.11 Å². The number of esters is 1. The molecule has 2 aromatic heterocycles. The number of carbonyl (C=O) groups is 2. The Balaban J connectivity index is 1.81. The number of nitrogens with zero attached hydrogens (tertiary/aromatic N) is 2. The Morgan fingerprint density at radius 1 is 0.938 bits per heavy atom. The molecule has 0 spiro atoms. The molecule has 160 valence electrons. The molecule has 0 radical (unpaired) electrons. The molecule has 4 aromatic rings. The normalized spacial score (nSPS) is 11.6. The number of pyridine rings is 2. The largest absolute Gasteiger partial charge is 0.497 e. The van der Waals surface area contributed by atoms with Crippen LogP contribution in [-0.4, -0.2) is 36.1 Å². The maximum atomic E-state index is 13.4. The van der Waals surface area contributed by atoms with Crippen molar-refractivity contribution >= 4 is 22.8 Å². The van der Waals surface area contributed by atoms with Gasteiger partial charge in [-0.1, -0.05) is 30.3 Å². The van der Waals surface area contributed by atoms with Gasteiger partial charge in [0.2, 0.25) is 0 Å². The van der Waals surface area contributed by atoms with Crippen molar-refractivity contribution in [2.45, 2.75) is 6.04 Å². The second-order valence-corrected chi connectivity index (χ2v) is 7.01. The highest BCUT2D eigenvalue weighted by molar-refractivity contribution is 6.08. The minimum absolute atomic E-state index is 0.384. The first-order valence-electron chi connectivity index (χ1n) is 9.93. The lowest BCUT2D eigenvalue weighted by molar-refractivity contribution is -0.143. The van der Waals surface area contributed by atoms with Crippen molar-refractivity contribution in [1.29, 1.82) is 0 Å². The summed E-state index contributed by atoms with van der Waals surface area (Å²) in [6, 6.07) is 18.7. The lowest BCUT2D eigenvalue weighted by Crippen LogP contribution is -2.34. The van der Waals surface area contributed by atoms with Crippen LogP contribution < -0.4 is 10.1 Å². The van der Waals surface area contributed by atoms with Crippen LogP contribution in [-0.2, 0) is 9.53 Å². The van der Waals surface area contributed by atoms with E-state index < -0.39 is 17.9 Å². The molecule has 32 heavy (non-hydrogen) atoms. The number of fused-ring (bicyclic) bond motifs is 1. The van der Waals surface area contributed by atoms with Crippen LogP contribution in [0.2, 0.25) is 0 Å². The molecule has 0 aliphatic rings. The number of methoxy groups -OCH3 is 2. The number of aromatic nitrogens is 2. The Hall–Kier alpha value is -4.26. The molecular weight excluding hydrogens is 406 g/mol. The zero-order chi connectivity index (χ0) is 22.5. The quantitative estimate of drug-likeness (QED) is 0.469. The van der Waals surface area contributed by atoms with Crippen LogP contribution in [0.3, 0.4) is 0 Å². The number of hydrogen-bond donors (Lipinski definition) is 1. The summed E-state index contributed by atoms with van der Waals surface area (Å²) in [5.74, 6) is -0.351. The van der Waals surface area contributed by atoms with E-state index in [4.69, 9.17) is 14.5 Å². The number of hydrogen-bond acceptors (Lipinski definition) is 6. The molecule has 0 fully saturated rings. The van der Waals surface area contributed by atoms with E-state index >= 15 is 0 Å². The molecule has 4 rings (SSSR count). The van der Waals surface area contributed by atoms with E-state index in [0.717, 1.165) is 5.56 Å². The smallest absolute Gasteiger partial charge is 0.333 e. The molecule has 2 aromatic carbocycles. The molecule has 0 saturated heterocycles. The molecule has 0 aliphatic heterocycles. The van der Waals surface area contributed by atoms with Crippen molar-refractivity contribution in [3.05, 3.63) is 90.3 Å². The van der Waals surface area contributed by atoms with E-state index in [0.29, 0.717) is 33.5 Å². The lowest BCUT2D eigenvalue weighted by Gasteiger charge is -2.18. The summed E-state index contributed by atoms with van der Waals surface area (Å²) < 4.78 is 10.2. The van der Waals surface area contributed by atoms with Crippen LogP contribution in [0.25, 0.3) is 22.2 Å². The van der Waals surface area contributed by atoms with E-state index in [2.05, 4.69) is 10.3 Å². The van der Waals surface area contributed by atoms with Crippen LogP contribution in [0.15, 0.2) is 79.1 Å². The molecule has 1 atom stereocenters. The minimum Gasteiger partial charge on any atom is -0.497 e. The summed E-state index contributed by atoms with van der Waals surface area (Å²) in [6.45, 7) is 0. The average molecular weight is 427 g/mol. The third-order valence-corrected chi connectivity index (χ3v) is 5.08. The van der Waals surface area contributed by atoms with Crippen LogP contribution in [0.4, 0.5) is 0 Å². The van der Waals surface area contributed by atoms with Gasteiger partial charge in [0.1, 0.15) is 5.75 Å². The molecule has 1 amide bonds. The van der Waals surface area contributed by atoms with Gasteiger partial charge in [0.25, 0.3) is 5.91 Å². The van der Waals surface area contributed by atoms with Gasteiger partial charge in [-0.05, 0) is 35.9 Å². The monoisotopic (exact) mass is 427 g/mol. The predicted octanol–water partition coefficient (Wildman–Crippen LogP) is 3.95. The van der Waals surface area contributed by atoms with E-state index in [1.807, 2.05) is 18.2 Å². The molecule has 0 aliphatic carbocycles. The van der Waals surface area contributed by atoms with Crippen molar-refractivity contribution in [3.8, 4) is 17.0 Å². The fourth-order valence-electron chi connectivity index (χ4n) is 3.44. The van der Waals surface area contributed by atoms with Crippen LogP contribution >= 0.6 is 0 Å². The molecule has 0 saturated carbocycles. The maximum absolute atomic E-state index is 13.4. The van der Waals surface area contributed by atoms with Gasteiger partial charge in [0, 0.05) is 29.4 Å². The van der Waals surface area contributed by atoms with E-state index in [9.17, 15) is 9.59 Å². The van der Waals surface area contributed by atoms with Gasteiger partial charge in [-0.15, -0.1) is 0 Å². The summed E-state index contributed by atoms with van der Waals surface area (Å²) in [6.07, 6.45) is 3.32. The third-order valence-electron chi connectivity index (χ3n) is 5.08. The van der Waals surface area contributed by atoms with Gasteiger partial charge in [-0.25, -0.2) is 9.78 Å². The van der Waals surface area contributed by atoms with Crippen molar-refractivity contribution in [1.82, 2.24) is 15.3 Å². The molecule has 7 heteroatoms. The van der Waals surface area contributed by atoms with E-state index in [-0.39, 0.29) is 0 Å². The van der Waals surface area contributed by atoms with Crippen molar-refractivity contribution in [2.24, 2.45) is 0 Å². The van der Waals surface area contributed by atoms with Crippen molar-refractivity contribution in [3.63, 3.8) is 0 Å². The average Bonchev–Trinajstić information content (AvgIpc) is 2.86. The highest BCUT2D eigenvalue weighted by atomic mass is 16.5. The zero-order valence-electron chi connectivity index (χ0n) is 17.6. The first-order chi connectivity index (χ1) is 15.6. The SMILES string of the molecule is COC(=O)C(NC(=O)c1cc(-c2ccncc2)nc2cc(OC)ccc12)c1ccccc1. The maximum Gasteiger partial charge on any atom is 0.333 e. The van der Waals surface area contributed by atoms with Gasteiger partial charge in [-0.3, -0.25) is 9.78 Å². The number of ether oxygens (including phenoxy) is 2. The number of nitrogens with one attached hydrogen (secondary N) is 1. The Bertz CT molecular complexity index is 1260.